The smallest absolute Gasteiger partial charge is 0.164 e. The van der Waals surface area contributed by atoms with Crippen molar-refractivity contribution in [2.24, 2.45) is 0 Å². The molecular weight excluding hydrogens is 657 g/mol. The third-order valence-electron chi connectivity index (χ3n) is 10.1. The topological polar surface area (TPSA) is 51.6 Å². The zero-order valence-electron chi connectivity index (χ0n) is 29.3. The molecule has 0 aliphatic heterocycles. The van der Waals surface area contributed by atoms with Gasteiger partial charge >= 0.3 is 0 Å². The fraction of sp³-hybridized carbons (Fsp3) is 0. The van der Waals surface area contributed by atoms with E-state index in [-0.39, 0.29) is 0 Å². The predicted octanol–water partition coefficient (Wildman–Crippen LogP) is 12.7. The van der Waals surface area contributed by atoms with Crippen LogP contribution >= 0.6 is 0 Å². The first-order valence-electron chi connectivity index (χ1n) is 18.1. The highest BCUT2D eigenvalue weighted by atomic mass is 15.0. The molecule has 0 fully saturated rings. The first-order chi connectivity index (χ1) is 26.7. The lowest BCUT2D eigenvalue weighted by molar-refractivity contribution is 1.07. The summed E-state index contributed by atoms with van der Waals surface area (Å²) in [4.78, 5) is 20.4. The van der Waals surface area contributed by atoms with Crippen LogP contribution in [0.5, 0.6) is 0 Å². The van der Waals surface area contributed by atoms with Crippen molar-refractivity contribution in [2.45, 2.75) is 0 Å². The van der Waals surface area contributed by atoms with Gasteiger partial charge in [-0.3, -0.25) is 0 Å². The van der Waals surface area contributed by atoms with Crippen LogP contribution in [0, 0.1) is 0 Å². The Morgan fingerprint density at radius 3 is 1.41 bits per heavy atom. The SMILES string of the molecule is c1ccc(-c2ccc(-c3nc(-c4ccccc4)nc(-c4cccc(-c5cccc(-c6nc7c8ccccc8ccc7c7ccccc67)c5)c4)n3)cc2)cc1. The molecule has 4 nitrogen and oxygen atoms in total. The number of hydrogen-bond acceptors (Lipinski definition) is 4. The molecule has 8 aromatic carbocycles. The molecule has 0 spiro atoms. The standard InChI is InChI=1S/C50H32N4/c1-3-13-33(14-4-1)34-25-27-37(28-26-34)49-52-48(36-16-5-2-6-17-36)53-50(54-49)41-21-12-19-39(32-41)38-18-11-20-40(31-38)46-44-24-10-9-23-43(44)45-30-29-35-15-7-8-22-42(35)47(45)51-46/h1-32H. The highest BCUT2D eigenvalue weighted by Crippen LogP contribution is 2.37. The van der Waals surface area contributed by atoms with E-state index in [0.29, 0.717) is 17.5 Å². The summed E-state index contributed by atoms with van der Waals surface area (Å²) < 4.78 is 0. The van der Waals surface area contributed by atoms with Gasteiger partial charge in [0.25, 0.3) is 0 Å². The van der Waals surface area contributed by atoms with E-state index in [0.717, 1.165) is 66.3 Å². The zero-order chi connectivity index (χ0) is 35.8. The molecule has 0 unspecified atom stereocenters. The summed E-state index contributed by atoms with van der Waals surface area (Å²) in [6, 6.07) is 67.5. The fourth-order valence-electron chi connectivity index (χ4n) is 7.39. The first-order valence-corrected chi connectivity index (χ1v) is 18.1. The average molecular weight is 689 g/mol. The molecule has 0 bridgehead atoms. The van der Waals surface area contributed by atoms with Gasteiger partial charge in [0, 0.05) is 38.4 Å². The molecule has 0 atom stereocenters. The van der Waals surface area contributed by atoms with Gasteiger partial charge in [-0.05, 0) is 45.2 Å². The van der Waals surface area contributed by atoms with Crippen molar-refractivity contribution >= 4 is 32.4 Å². The molecule has 10 aromatic rings. The van der Waals surface area contributed by atoms with Crippen molar-refractivity contribution in [1.82, 2.24) is 19.9 Å². The molecule has 0 saturated carbocycles. The number of fused-ring (bicyclic) bond motifs is 5. The predicted molar refractivity (Wildman–Crippen MR) is 223 cm³/mol. The van der Waals surface area contributed by atoms with E-state index in [1.165, 1.54) is 16.3 Å². The molecule has 0 amide bonds. The minimum atomic E-state index is 0.623. The number of pyridine rings is 1. The van der Waals surface area contributed by atoms with Crippen LogP contribution in [-0.4, -0.2) is 19.9 Å². The lowest BCUT2D eigenvalue weighted by Crippen LogP contribution is -2.00. The molecule has 252 valence electrons. The van der Waals surface area contributed by atoms with Crippen molar-refractivity contribution < 1.29 is 0 Å². The quantitative estimate of drug-likeness (QED) is 0.163. The molecule has 0 aliphatic rings. The van der Waals surface area contributed by atoms with Crippen molar-refractivity contribution in [3.05, 3.63) is 194 Å². The monoisotopic (exact) mass is 688 g/mol. The van der Waals surface area contributed by atoms with E-state index < -0.39 is 0 Å². The summed E-state index contributed by atoms with van der Waals surface area (Å²) in [6.45, 7) is 0. The van der Waals surface area contributed by atoms with Gasteiger partial charge in [-0.1, -0.05) is 182 Å². The van der Waals surface area contributed by atoms with Gasteiger partial charge < -0.3 is 0 Å². The largest absolute Gasteiger partial charge is 0.246 e. The zero-order valence-corrected chi connectivity index (χ0v) is 29.3. The van der Waals surface area contributed by atoms with Crippen LogP contribution < -0.4 is 0 Å². The lowest BCUT2D eigenvalue weighted by Gasteiger charge is -2.13. The van der Waals surface area contributed by atoms with E-state index in [2.05, 4.69) is 158 Å². The van der Waals surface area contributed by atoms with Gasteiger partial charge in [0.2, 0.25) is 0 Å². The van der Waals surface area contributed by atoms with Crippen LogP contribution in [0.4, 0.5) is 0 Å². The molecule has 54 heavy (non-hydrogen) atoms. The third-order valence-corrected chi connectivity index (χ3v) is 10.1. The Bertz CT molecular complexity index is 2970. The van der Waals surface area contributed by atoms with Crippen LogP contribution in [0.3, 0.4) is 0 Å². The Hall–Kier alpha value is -7.30. The molecule has 4 heteroatoms. The first kappa shape index (κ1) is 31.4. The van der Waals surface area contributed by atoms with Crippen molar-refractivity contribution in [3.63, 3.8) is 0 Å². The number of hydrogen-bond donors (Lipinski definition) is 0. The van der Waals surface area contributed by atoms with Crippen LogP contribution in [0.15, 0.2) is 194 Å². The summed E-state index contributed by atoms with van der Waals surface area (Å²) in [6.07, 6.45) is 0. The fourth-order valence-corrected chi connectivity index (χ4v) is 7.39. The second-order valence-electron chi connectivity index (χ2n) is 13.5. The average Bonchev–Trinajstić information content (AvgIpc) is 3.26. The summed E-state index contributed by atoms with van der Waals surface area (Å²) in [5.74, 6) is 1.89. The maximum atomic E-state index is 5.37. The number of nitrogens with zero attached hydrogens (tertiary/aromatic N) is 4. The molecule has 10 rings (SSSR count). The van der Waals surface area contributed by atoms with Gasteiger partial charge in [-0.15, -0.1) is 0 Å². The molecule has 0 radical (unpaired) electrons. The van der Waals surface area contributed by atoms with E-state index in [1.54, 1.807) is 0 Å². The molecule has 2 heterocycles. The van der Waals surface area contributed by atoms with Gasteiger partial charge in [-0.2, -0.15) is 0 Å². The Balaban J connectivity index is 1.07. The molecule has 2 aromatic heterocycles. The van der Waals surface area contributed by atoms with Gasteiger partial charge in [0.05, 0.1) is 11.2 Å². The van der Waals surface area contributed by atoms with E-state index in [4.69, 9.17) is 19.9 Å². The van der Waals surface area contributed by atoms with Crippen molar-refractivity contribution in [3.8, 4) is 67.7 Å². The highest BCUT2D eigenvalue weighted by molar-refractivity contribution is 6.18. The number of benzene rings is 8. The van der Waals surface area contributed by atoms with Crippen LogP contribution in [0.2, 0.25) is 0 Å². The second kappa shape index (κ2) is 13.4. The van der Waals surface area contributed by atoms with E-state index >= 15 is 0 Å². The maximum Gasteiger partial charge on any atom is 0.164 e. The normalized spacial score (nSPS) is 11.3. The van der Waals surface area contributed by atoms with Crippen molar-refractivity contribution in [2.75, 3.05) is 0 Å². The Labute approximate surface area is 313 Å². The number of aromatic nitrogens is 4. The van der Waals surface area contributed by atoms with Gasteiger partial charge in [-0.25, -0.2) is 19.9 Å². The van der Waals surface area contributed by atoms with Gasteiger partial charge in [0.15, 0.2) is 17.5 Å². The summed E-state index contributed by atoms with van der Waals surface area (Å²) in [7, 11) is 0. The Morgan fingerprint density at radius 2 is 0.704 bits per heavy atom. The molecule has 0 aliphatic carbocycles. The molecular formula is C50H32N4. The minimum absolute atomic E-state index is 0.623. The van der Waals surface area contributed by atoms with Crippen LogP contribution in [-0.2, 0) is 0 Å². The third kappa shape index (κ3) is 5.76. The summed E-state index contributed by atoms with van der Waals surface area (Å²) in [5.41, 5.74) is 10.3. The van der Waals surface area contributed by atoms with Crippen LogP contribution in [0.1, 0.15) is 0 Å². The molecule has 0 saturated heterocycles. The summed E-state index contributed by atoms with van der Waals surface area (Å²) in [5, 5.41) is 5.84. The second-order valence-corrected chi connectivity index (χ2v) is 13.5. The minimum Gasteiger partial charge on any atom is -0.246 e. The van der Waals surface area contributed by atoms with E-state index in [9.17, 15) is 0 Å². The van der Waals surface area contributed by atoms with Crippen LogP contribution in [0.25, 0.3) is 100 Å². The Kier molecular flexibility index (Phi) is 7.77. The number of rotatable bonds is 6. The summed E-state index contributed by atoms with van der Waals surface area (Å²) >= 11 is 0. The van der Waals surface area contributed by atoms with Crippen molar-refractivity contribution in [1.29, 1.82) is 0 Å². The van der Waals surface area contributed by atoms with Gasteiger partial charge in [0.1, 0.15) is 0 Å². The lowest BCUT2D eigenvalue weighted by atomic mass is 9.95. The van der Waals surface area contributed by atoms with E-state index in [1.807, 2.05) is 36.4 Å². The Morgan fingerprint density at radius 1 is 0.241 bits per heavy atom. The maximum absolute atomic E-state index is 5.37. The molecule has 0 N–H and O–H groups in total. The highest BCUT2D eigenvalue weighted by Gasteiger charge is 2.16.